The van der Waals surface area contributed by atoms with Crippen LogP contribution in [0, 0.1) is 11.3 Å². The van der Waals surface area contributed by atoms with E-state index >= 15 is 0 Å². The van der Waals surface area contributed by atoms with E-state index in [0.29, 0.717) is 17.4 Å². The molecule has 1 saturated carbocycles. The van der Waals surface area contributed by atoms with Crippen LogP contribution < -0.4 is 10.5 Å². The Kier molecular flexibility index (Phi) is 4.00. The number of rotatable bonds is 4. The minimum atomic E-state index is 0.170. The smallest absolute Gasteiger partial charge is 0.123 e. The Hall–Kier alpha value is -1.02. The van der Waals surface area contributed by atoms with E-state index in [1.165, 1.54) is 43.2 Å². The van der Waals surface area contributed by atoms with Crippen LogP contribution in [0.1, 0.15) is 70.0 Å². The van der Waals surface area contributed by atoms with Crippen molar-refractivity contribution in [2.45, 2.75) is 71.4 Å². The van der Waals surface area contributed by atoms with Crippen LogP contribution >= 0.6 is 0 Å². The summed E-state index contributed by atoms with van der Waals surface area (Å²) in [7, 11) is 0. The first-order chi connectivity index (χ1) is 10.00. The molecule has 1 fully saturated rings. The van der Waals surface area contributed by atoms with Gasteiger partial charge in [0.1, 0.15) is 11.9 Å². The van der Waals surface area contributed by atoms with Gasteiger partial charge in [-0.2, -0.15) is 0 Å². The van der Waals surface area contributed by atoms with Crippen molar-refractivity contribution in [1.29, 1.82) is 0 Å². The van der Waals surface area contributed by atoms with Gasteiger partial charge in [0, 0.05) is 12.5 Å². The zero-order chi connectivity index (χ0) is 15.0. The normalized spacial score (nSPS) is 24.9. The molecule has 0 saturated heterocycles. The molecule has 0 spiro atoms. The molecule has 2 N–H and O–H groups in total. The molecular formula is C19H29NO. The van der Waals surface area contributed by atoms with E-state index in [2.05, 4.69) is 39.0 Å². The zero-order valence-electron chi connectivity index (χ0n) is 13.7. The average Bonchev–Trinajstić information content (AvgIpc) is 3.02. The Morgan fingerprint density at radius 3 is 2.67 bits per heavy atom. The van der Waals surface area contributed by atoms with Crippen molar-refractivity contribution in [3.05, 3.63) is 29.3 Å². The summed E-state index contributed by atoms with van der Waals surface area (Å²) in [4.78, 5) is 0. The van der Waals surface area contributed by atoms with Gasteiger partial charge in [0.25, 0.3) is 0 Å². The van der Waals surface area contributed by atoms with Gasteiger partial charge in [0.15, 0.2) is 0 Å². The summed E-state index contributed by atoms with van der Waals surface area (Å²) < 4.78 is 5.82. The molecule has 21 heavy (non-hydrogen) atoms. The van der Waals surface area contributed by atoms with Crippen molar-refractivity contribution < 1.29 is 4.74 Å². The van der Waals surface area contributed by atoms with Crippen LogP contribution in [0.15, 0.2) is 18.2 Å². The van der Waals surface area contributed by atoms with Gasteiger partial charge in [-0.1, -0.05) is 38.8 Å². The van der Waals surface area contributed by atoms with Crippen molar-refractivity contribution in [2.75, 3.05) is 0 Å². The fourth-order valence-electron chi connectivity index (χ4n) is 4.52. The highest BCUT2D eigenvalue weighted by molar-refractivity contribution is 5.42. The quantitative estimate of drug-likeness (QED) is 0.877. The maximum Gasteiger partial charge on any atom is 0.123 e. The van der Waals surface area contributed by atoms with E-state index in [-0.39, 0.29) is 6.04 Å². The summed E-state index contributed by atoms with van der Waals surface area (Å²) in [5, 5.41) is 0. The van der Waals surface area contributed by atoms with Crippen LogP contribution in [0.2, 0.25) is 0 Å². The second-order valence-electron chi connectivity index (χ2n) is 7.64. The average molecular weight is 287 g/mol. The highest BCUT2D eigenvalue weighted by Gasteiger charge is 2.40. The molecule has 2 nitrogen and oxygen atoms in total. The Morgan fingerprint density at radius 1 is 1.29 bits per heavy atom. The summed E-state index contributed by atoms with van der Waals surface area (Å²) in [6, 6.07) is 6.81. The first kappa shape index (κ1) is 14.9. The number of hydrogen-bond acceptors (Lipinski definition) is 2. The van der Waals surface area contributed by atoms with Crippen LogP contribution in [0.4, 0.5) is 0 Å². The molecule has 1 aromatic rings. The summed E-state index contributed by atoms with van der Waals surface area (Å²) in [5.74, 6) is 1.77. The molecule has 3 rings (SSSR count). The molecule has 2 heteroatoms. The molecular weight excluding hydrogens is 258 g/mol. The lowest BCUT2D eigenvalue weighted by Crippen LogP contribution is -2.33. The minimum Gasteiger partial charge on any atom is -0.490 e. The van der Waals surface area contributed by atoms with Crippen LogP contribution in [0.5, 0.6) is 5.75 Å². The van der Waals surface area contributed by atoms with Crippen LogP contribution in [-0.4, -0.2) is 6.10 Å². The topological polar surface area (TPSA) is 35.2 Å². The Morgan fingerprint density at radius 2 is 2.00 bits per heavy atom. The van der Waals surface area contributed by atoms with E-state index in [4.69, 9.17) is 10.5 Å². The highest BCUT2D eigenvalue weighted by atomic mass is 16.5. The molecule has 0 aromatic heterocycles. The molecule has 0 bridgehead atoms. The SMILES string of the molecule is CC(C)CC1(C(N)c2ccc3c(c2)CC(C)O3)CCCC1. The molecule has 0 amide bonds. The van der Waals surface area contributed by atoms with Gasteiger partial charge in [-0.25, -0.2) is 0 Å². The zero-order valence-corrected chi connectivity index (χ0v) is 13.7. The Bertz CT molecular complexity index is 502. The van der Waals surface area contributed by atoms with E-state index in [9.17, 15) is 0 Å². The highest BCUT2D eigenvalue weighted by Crippen LogP contribution is 2.51. The van der Waals surface area contributed by atoms with Gasteiger partial charge in [0.2, 0.25) is 0 Å². The third kappa shape index (κ3) is 2.83. The number of ether oxygens (including phenoxy) is 1. The molecule has 0 radical (unpaired) electrons. The molecule has 2 aliphatic rings. The lowest BCUT2D eigenvalue weighted by Gasteiger charge is -2.37. The largest absolute Gasteiger partial charge is 0.490 e. The fourth-order valence-corrected chi connectivity index (χ4v) is 4.52. The monoisotopic (exact) mass is 287 g/mol. The first-order valence-corrected chi connectivity index (χ1v) is 8.55. The van der Waals surface area contributed by atoms with Crippen LogP contribution in [0.25, 0.3) is 0 Å². The molecule has 1 aliphatic heterocycles. The van der Waals surface area contributed by atoms with Gasteiger partial charge in [-0.15, -0.1) is 0 Å². The van der Waals surface area contributed by atoms with Crippen LogP contribution in [0.3, 0.4) is 0 Å². The molecule has 116 valence electrons. The van der Waals surface area contributed by atoms with E-state index in [0.717, 1.165) is 12.2 Å². The van der Waals surface area contributed by atoms with Gasteiger partial charge >= 0.3 is 0 Å². The van der Waals surface area contributed by atoms with Crippen molar-refractivity contribution in [3.8, 4) is 5.75 Å². The molecule has 2 atom stereocenters. The van der Waals surface area contributed by atoms with Gasteiger partial charge < -0.3 is 10.5 Å². The van der Waals surface area contributed by atoms with Gasteiger partial charge in [0.05, 0.1) is 0 Å². The third-order valence-corrected chi connectivity index (χ3v) is 5.35. The standard InChI is InChI=1S/C19H29NO/c1-13(2)12-19(8-4-5-9-19)18(20)15-6-7-17-16(11-15)10-14(3)21-17/h6-7,11,13-14,18H,4-5,8-10,12,20H2,1-3H3. The number of benzene rings is 1. The van der Waals surface area contributed by atoms with Crippen molar-refractivity contribution in [3.63, 3.8) is 0 Å². The number of nitrogens with two attached hydrogens (primary N) is 1. The summed E-state index contributed by atoms with van der Waals surface area (Å²) >= 11 is 0. The third-order valence-electron chi connectivity index (χ3n) is 5.35. The Balaban J connectivity index is 1.87. The molecule has 1 aromatic carbocycles. The molecule has 1 aliphatic carbocycles. The second kappa shape index (κ2) is 5.64. The molecule has 2 unspecified atom stereocenters. The second-order valence-corrected chi connectivity index (χ2v) is 7.64. The predicted molar refractivity (Wildman–Crippen MR) is 87.5 cm³/mol. The number of hydrogen-bond donors (Lipinski definition) is 1. The van der Waals surface area contributed by atoms with Crippen molar-refractivity contribution in [2.24, 2.45) is 17.1 Å². The minimum absolute atomic E-state index is 0.170. The first-order valence-electron chi connectivity index (χ1n) is 8.55. The maximum atomic E-state index is 6.77. The summed E-state index contributed by atoms with van der Waals surface area (Å²) in [6.45, 7) is 6.78. The van der Waals surface area contributed by atoms with E-state index in [1.807, 2.05) is 0 Å². The van der Waals surface area contributed by atoms with E-state index < -0.39 is 0 Å². The lowest BCUT2D eigenvalue weighted by atomic mass is 9.70. The number of fused-ring (bicyclic) bond motifs is 1. The summed E-state index contributed by atoms with van der Waals surface area (Å²) in [5.41, 5.74) is 9.74. The fraction of sp³-hybridized carbons (Fsp3) is 0.684. The molecule has 1 heterocycles. The lowest BCUT2D eigenvalue weighted by molar-refractivity contribution is 0.183. The van der Waals surface area contributed by atoms with Gasteiger partial charge in [-0.05, 0) is 54.7 Å². The van der Waals surface area contributed by atoms with E-state index in [1.54, 1.807) is 0 Å². The summed E-state index contributed by atoms with van der Waals surface area (Å²) in [6.07, 6.45) is 7.83. The van der Waals surface area contributed by atoms with Crippen molar-refractivity contribution in [1.82, 2.24) is 0 Å². The maximum absolute atomic E-state index is 6.77. The van der Waals surface area contributed by atoms with Crippen molar-refractivity contribution >= 4 is 0 Å². The van der Waals surface area contributed by atoms with Crippen LogP contribution in [-0.2, 0) is 6.42 Å². The predicted octanol–water partition coefficient (Wildman–Crippen LogP) is 4.62. The Labute approximate surface area is 129 Å². The van der Waals surface area contributed by atoms with Gasteiger partial charge in [-0.3, -0.25) is 0 Å².